The Bertz CT molecular complexity index is 1030. The predicted molar refractivity (Wildman–Crippen MR) is 109 cm³/mol. The normalized spacial score (nSPS) is 11.2. The van der Waals surface area contributed by atoms with Crippen molar-refractivity contribution in [2.75, 3.05) is 0 Å². The zero-order chi connectivity index (χ0) is 17.9. The summed E-state index contributed by atoms with van der Waals surface area (Å²) in [6, 6.07) is 23.6. The fourth-order valence-electron chi connectivity index (χ4n) is 3.56. The summed E-state index contributed by atoms with van der Waals surface area (Å²) in [7, 11) is 0. The van der Waals surface area contributed by atoms with E-state index in [9.17, 15) is 0 Å². The lowest BCUT2D eigenvalue weighted by molar-refractivity contribution is 0.881. The molecule has 0 atom stereocenters. The Morgan fingerprint density at radius 3 is 2.38 bits per heavy atom. The molecule has 3 aromatic carbocycles. The van der Waals surface area contributed by atoms with E-state index in [-0.39, 0.29) is 0 Å². The fourth-order valence-corrected chi connectivity index (χ4v) is 3.56. The van der Waals surface area contributed by atoms with Crippen LogP contribution in [0.1, 0.15) is 33.6 Å². The maximum absolute atomic E-state index is 4.92. The number of H-pyrrole nitrogens is 1. The third-order valence-corrected chi connectivity index (χ3v) is 5.23. The van der Waals surface area contributed by atoms with Gasteiger partial charge in [-0.3, -0.25) is 0 Å². The van der Waals surface area contributed by atoms with Gasteiger partial charge in [0.2, 0.25) is 0 Å². The number of aryl methyl sites for hydroxylation is 3. The summed E-state index contributed by atoms with van der Waals surface area (Å²) in [4.78, 5) is 8.44. The van der Waals surface area contributed by atoms with E-state index in [1.54, 1.807) is 0 Å². The van der Waals surface area contributed by atoms with E-state index in [0.29, 0.717) is 0 Å². The molecule has 0 fully saturated rings. The third kappa shape index (κ3) is 3.41. The molecule has 2 heteroatoms. The van der Waals surface area contributed by atoms with Gasteiger partial charge in [-0.15, -0.1) is 0 Å². The highest BCUT2D eigenvalue weighted by molar-refractivity contribution is 5.79. The topological polar surface area (TPSA) is 28.7 Å². The number of benzene rings is 3. The van der Waals surface area contributed by atoms with Crippen LogP contribution in [-0.4, -0.2) is 9.97 Å². The fraction of sp³-hybridized carbons (Fsp3) is 0.208. The van der Waals surface area contributed by atoms with Crippen LogP contribution in [0.2, 0.25) is 0 Å². The average molecular weight is 340 g/mol. The van der Waals surface area contributed by atoms with Crippen LogP contribution in [0.3, 0.4) is 0 Å². The maximum atomic E-state index is 4.92. The van der Waals surface area contributed by atoms with E-state index in [4.69, 9.17) is 4.98 Å². The van der Waals surface area contributed by atoms with Crippen LogP contribution in [0.15, 0.2) is 66.7 Å². The number of imidazole rings is 1. The predicted octanol–water partition coefficient (Wildman–Crippen LogP) is 5.56. The monoisotopic (exact) mass is 340 g/mol. The molecule has 0 unspecified atom stereocenters. The second-order valence-electron chi connectivity index (χ2n) is 7.02. The van der Waals surface area contributed by atoms with Gasteiger partial charge in [-0.1, -0.05) is 60.7 Å². The van der Waals surface area contributed by atoms with E-state index < -0.39 is 0 Å². The van der Waals surface area contributed by atoms with Crippen LogP contribution in [0.25, 0.3) is 11.0 Å². The van der Waals surface area contributed by atoms with E-state index in [0.717, 1.165) is 36.1 Å². The van der Waals surface area contributed by atoms with Crippen LogP contribution in [0.5, 0.6) is 0 Å². The maximum Gasteiger partial charge on any atom is 0.107 e. The highest BCUT2D eigenvalue weighted by Crippen LogP contribution is 2.21. The van der Waals surface area contributed by atoms with Crippen LogP contribution < -0.4 is 0 Å². The first-order valence-corrected chi connectivity index (χ1v) is 9.26. The Morgan fingerprint density at radius 1 is 0.769 bits per heavy atom. The van der Waals surface area contributed by atoms with Gasteiger partial charge in [0.25, 0.3) is 0 Å². The summed E-state index contributed by atoms with van der Waals surface area (Å²) in [6.45, 7) is 4.39. The first kappa shape index (κ1) is 16.6. The molecule has 0 bridgehead atoms. The Labute approximate surface area is 154 Å². The number of para-hydroxylation sites is 1. The number of nitrogens with one attached hydrogen (secondary N) is 1. The zero-order valence-corrected chi connectivity index (χ0v) is 15.4. The molecule has 1 heterocycles. The van der Waals surface area contributed by atoms with Crippen molar-refractivity contribution in [2.45, 2.75) is 33.1 Å². The molecule has 0 radical (unpaired) electrons. The number of fused-ring (bicyclic) bond motifs is 1. The van der Waals surface area contributed by atoms with Gasteiger partial charge in [0.15, 0.2) is 0 Å². The molecule has 4 aromatic rings. The first-order valence-electron chi connectivity index (χ1n) is 9.26. The lowest BCUT2D eigenvalue weighted by Gasteiger charge is -2.07. The van der Waals surface area contributed by atoms with E-state index >= 15 is 0 Å². The van der Waals surface area contributed by atoms with Crippen LogP contribution in [0, 0.1) is 13.8 Å². The van der Waals surface area contributed by atoms with Gasteiger partial charge in [0, 0.05) is 6.42 Å². The van der Waals surface area contributed by atoms with Gasteiger partial charge in [-0.25, -0.2) is 4.98 Å². The molecule has 0 aliphatic heterocycles. The highest BCUT2D eigenvalue weighted by atomic mass is 14.9. The van der Waals surface area contributed by atoms with E-state index in [1.807, 2.05) is 0 Å². The second kappa shape index (κ2) is 7.17. The zero-order valence-electron chi connectivity index (χ0n) is 15.4. The second-order valence-corrected chi connectivity index (χ2v) is 7.02. The van der Waals surface area contributed by atoms with Crippen molar-refractivity contribution in [3.05, 3.63) is 100 Å². The van der Waals surface area contributed by atoms with Gasteiger partial charge in [0.05, 0.1) is 11.0 Å². The molecule has 0 spiro atoms. The highest BCUT2D eigenvalue weighted by Gasteiger charge is 2.09. The minimum absolute atomic E-state index is 0.916. The smallest absolute Gasteiger partial charge is 0.107 e. The molecule has 2 nitrogen and oxygen atoms in total. The quantitative estimate of drug-likeness (QED) is 0.506. The lowest BCUT2D eigenvalue weighted by Crippen LogP contribution is -1.97. The number of aromatic nitrogens is 2. The minimum Gasteiger partial charge on any atom is -0.342 e. The van der Waals surface area contributed by atoms with Gasteiger partial charge in [0.1, 0.15) is 5.82 Å². The van der Waals surface area contributed by atoms with Gasteiger partial charge >= 0.3 is 0 Å². The van der Waals surface area contributed by atoms with Crippen molar-refractivity contribution >= 4 is 11.0 Å². The molecule has 4 rings (SSSR count). The van der Waals surface area contributed by atoms with Gasteiger partial charge < -0.3 is 4.98 Å². The van der Waals surface area contributed by atoms with Crippen molar-refractivity contribution in [1.82, 2.24) is 9.97 Å². The number of rotatable bonds is 5. The Morgan fingerprint density at radius 2 is 1.54 bits per heavy atom. The van der Waals surface area contributed by atoms with E-state index in [1.165, 1.54) is 27.8 Å². The van der Waals surface area contributed by atoms with Crippen LogP contribution >= 0.6 is 0 Å². The molecule has 1 aromatic heterocycles. The largest absolute Gasteiger partial charge is 0.342 e. The molecule has 0 saturated heterocycles. The molecule has 0 amide bonds. The SMILES string of the molecule is Cc1cccc(CCc2nc3c(Cc4ccccc4)cccc3[nH]2)c1C. The summed E-state index contributed by atoms with van der Waals surface area (Å²) in [6.07, 6.45) is 2.87. The number of nitrogens with zero attached hydrogens (tertiary/aromatic N) is 1. The molecule has 0 aliphatic rings. The van der Waals surface area contributed by atoms with Crippen molar-refractivity contribution in [3.63, 3.8) is 0 Å². The molecular weight excluding hydrogens is 316 g/mol. The first-order chi connectivity index (χ1) is 12.7. The summed E-state index contributed by atoms with van der Waals surface area (Å²) in [5.74, 6) is 1.07. The molecule has 0 saturated carbocycles. The molecule has 130 valence electrons. The lowest BCUT2D eigenvalue weighted by atomic mass is 10.00. The Hall–Kier alpha value is -2.87. The summed E-state index contributed by atoms with van der Waals surface area (Å²) in [5, 5.41) is 0. The standard InChI is InChI=1S/C24H24N2/c1-17-8-6-11-20(18(17)2)14-15-23-25-22-13-7-12-21(24(22)26-23)16-19-9-4-3-5-10-19/h3-13H,14-16H2,1-2H3,(H,25,26). The molecule has 26 heavy (non-hydrogen) atoms. The van der Waals surface area contributed by atoms with Crippen molar-refractivity contribution < 1.29 is 0 Å². The Balaban J connectivity index is 1.57. The molecule has 1 N–H and O–H groups in total. The number of aromatic amines is 1. The Kier molecular flexibility index (Phi) is 4.57. The van der Waals surface area contributed by atoms with Crippen molar-refractivity contribution in [3.8, 4) is 0 Å². The van der Waals surface area contributed by atoms with Gasteiger partial charge in [-0.05, 0) is 60.6 Å². The molecule has 0 aliphatic carbocycles. The van der Waals surface area contributed by atoms with Gasteiger partial charge in [-0.2, -0.15) is 0 Å². The third-order valence-electron chi connectivity index (χ3n) is 5.23. The average Bonchev–Trinajstić information content (AvgIpc) is 3.08. The summed E-state index contributed by atoms with van der Waals surface area (Å²) in [5.41, 5.74) is 9.00. The van der Waals surface area contributed by atoms with Crippen molar-refractivity contribution in [2.24, 2.45) is 0 Å². The summed E-state index contributed by atoms with van der Waals surface area (Å²) >= 11 is 0. The number of hydrogen-bond acceptors (Lipinski definition) is 1. The van der Waals surface area contributed by atoms with Crippen molar-refractivity contribution in [1.29, 1.82) is 0 Å². The number of hydrogen-bond donors (Lipinski definition) is 1. The van der Waals surface area contributed by atoms with E-state index in [2.05, 4.69) is 85.6 Å². The minimum atomic E-state index is 0.916. The van der Waals surface area contributed by atoms with Crippen LogP contribution in [-0.2, 0) is 19.3 Å². The molecular formula is C24H24N2. The van der Waals surface area contributed by atoms with Crippen LogP contribution in [0.4, 0.5) is 0 Å². The summed E-state index contributed by atoms with van der Waals surface area (Å²) < 4.78 is 0.